The average molecular weight is 316 g/mol. The van der Waals surface area contributed by atoms with Gasteiger partial charge in [-0.2, -0.15) is 0 Å². The van der Waals surface area contributed by atoms with Crippen LogP contribution in [-0.2, 0) is 9.47 Å². The molecule has 0 spiro atoms. The molecule has 0 radical (unpaired) electrons. The molecule has 1 heterocycles. The van der Waals surface area contributed by atoms with Gasteiger partial charge in [0, 0.05) is 19.1 Å². The Kier molecular flexibility index (Phi) is 7.59. The number of aliphatic hydroxyl groups excluding tert-OH is 1. The summed E-state index contributed by atoms with van der Waals surface area (Å²) >= 11 is 0. The molecule has 6 heteroatoms. The predicted octanol–water partition coefficient (Wildman–Crippen LogP) is 1.76. The number of amides is 1. The number of carbonyl (C=O) groups excluding carboxylic acids is 1. The summed E-state index contributed by atoms with van der Waals surface area (Å²) in [4.78, 5) is 14.0. The van der Waals surface area contributed by atoms with E-state index in [-0.39, 0.29) is 18.2 Å². The average Bonchev–Trinajstić information content (AvgIpc) is 2.34. The van der Waals surface area contributed by atoms with Gasteiger partial charge in [-0.1, -0.05) is 0 Å². The van der Waals surface area contributed by atoms with Crippen molar-refractivity contribution in [1.29, 1.82) is 0 Å². The maximum absolute atomic E-state index is 11.8. The Balaban J connectivity index is 2.33. The Morgan fingerprint density at radius 3 is 2.68 bits per heavy atom. The lowest BCUT2D eigenvalue weighted by atomic mass is 10.1. The molecule has 1 rings (SSSR count). The van der Waals surface area contributed by atoms with Crippen LogP contribution in [0.15, 0.2) is 0 Å². The zero-order valence-corrected chi connectivity index (χ0v) is 14.6. The van der Waals surface area contributed by atoms with Crippen LogP contribution in [0, 0.1) is 0 Å². The predicted molar refractivity (Wildman–Crippen MR) is 85.9 cm³/mol. The molecule has 1 saturated heterocycles. The van der Waals surface area contributed by atoms with Gasteiger partial charge in [0.1, 0.15) is 5.60 Å². The number of nitrogens with one attached hydrogen (secondary N) is 1. The Morgan fingerprint density at radius 2 is 2.09 bits per heavy atom. The van der Waals surface area contributed by atoms with E-state index in [2.05, 4.69) is 10.2 Å². The molecule has 2 N–H and O–H groups in total. The van der Waals surface area contributed by atoms with Crippen molar-refractivity contribution in [2.75, 3.05) is 26.2 Å². The van der Waals surface area contributed by atoms with Gasteiger partial charge in [0.2, 0.25) is 0 Å². The number of carbonyl (C=O) groups is 1. The highest BCUT2D eigenvalue weighted by molar-refractivity contribution is 5.68. The third kappa shape index (κ3) is 8.56. The van der Waals surface area contributed by atoms with Gasteiger partial charge in [0.15, 0.2) is 0 Å². The van der Waals surface area contributed by atoms with Gasteiger partial charge in [0.05, 0.1) is 18.8 Å². The SMILES string of the molecule is CC(C)OCC(O)CN1CCCC(NC(=O)OC(C)(C)C)C1. The van der Waals surface area contributed by atoms with Crippen LogP contribution in [0.5, 0.6) is 0 Å². The molecule has 0 aromatic heterocycles. The van der Waals surface area contributed by atoms with E-state index in [1.165, 1.54) is 0 Å². The van der Waals surface area contributed by atoms with Gasteiger partial charge in [0.25, 0.3) is 0 Å². The van der Waals surface area contributed by atoms with Crippen LogP contribution in [0.3, 0.4) is 0 Å². The smallest absolute Gasteiger partial charge is 0.407 e. The number of hydrogen-bond donors (Lipinski definition) is 2. The van der Waals surface area contributed by atoms with Gasteiger partial charge in [-0.3, -0.25) is 4.90 Å². The second-order valence-corrected chi connectivity index (χ2v) is 7.28. The number of aliphatic hydroxyl groups is 1. The Bertz CT molecular complexity index is 342. The van der Waals surface area contributed by atoms with E-state index in [0.29, 0.717) is 13.2 Å². The third-order valence-electron chi connectivity index (χ3n) is 3.32. The van der Waals surface area contributed by atoms with Crippen LogP contribution in [0.4, 0.5) is 4.79 Å². The second-order valence-electron chi connectivity index (χ2n) is 7.28. The van der Waals surface area contributed by atoms with E-state index in [1.807, 2.05) is 34.6 Å². The zero-order chi connectivity index (χ0) is 16.8. The summed E-state index contributed by atoms with van der Waals surface area (Å²) in [5.74, 6) is 0. The van der Waals surface area contributed by atoms with E-state index in [4.69, 9.17) is 9.47 Å². The number of likely N-dealkylation sites (tertiary alicyclic amines) is 1. The summed E-state index contributed by atoms with van der Waals surface area (Å²) in [5.41, 5.74) is -0.483. The van der Waals surface area contributed by atoms with Crippen LogP contribution in [-0.4, -0.2) is 66.2 Å². The molecular weight excluding hydrogens is 284 g/mol. The van der Waals surface area contributed by atoms with E-state index in [1.54, 1.807) is 0 Å². The van der Waals surface area contributed by atoms with Crippen molar-refractivity contribution in [3.63, 3.8) is 0 Å². The summed E-state index contributed by atoms with van der Waals surface area (Å²) in [5, 5.41) is 12.9. The molecule has 130 valence electrons. The minimum Gasteiger partial charge on any atom is -0.444 e. The summed E-state index contributed by atoms with van der Waals surface area (Å²) in [7, 11) is 0. The topological polar surface area (TPSA) is 71.0 Å². The van der Waals surface area contributed by atoms with Gasteiger partial charge in [-0.15, -0.1) is 0 Å². The first kappa shape index (κ1) is 19.2. The fourth-order valence-corrected chi connectivity index (χ4v) is 2.47. The first-order valence-corrected chi connectivity index (χ1v) is 8.17. The van der Waals surface area contributed by atoms with Crippen molar-refractivity contribution in [2.45, 2.75) is 71.3 Å². The standard InChI is InChI=1S/C16H32N2O4/c1-12(2)21-11-14(19)10-18-8-6-7-13(9-18)17-15(20)22-16(3,4)5/h12-14,19H,6-11H2,1-5H3,(H,17,20). The molecule has 6 nitrogen and oxygen atoms in total. The Labute approximate surface area is 134 Å². The summed E-state index contributed by atoms with van der Waals surface area (Å²) in [6.45, 7) is 12.0. The van der Waals surface area contributed by atoms with Crippen LogP contribution < -0.4 is 5.32 Å². The van der Waals surface area contributed by atoms with Crippen molar-refractivity contribution in [2.24, 2.45) is 0 Å². The number of ether oxygens (including phenoxy) is 2. The van der Waals surface area contributed by atoms with Gasteiger partial charge >= 0.3 is 6.09 Å². The van der Waals surface area contributed by atoms with Crippen molar-refractivity contribution in [3.8, 4) is 0 Å². The van der Waals surface area contributed by atoms with Gasteiger partial charge in [-0.25, -0.2) is 4.79 Å². The molecule has 1 aliphatic rings. The quantitative estimate of drug-likeness (QED) is 0.781. The Morgan fingerprint density at radius 1 is 1.41 bits per heavy atom. The lowest BCUT2D eigenvalue weighted by Gasteiger charge is -2.34. The fraction of sp³-hybridized carbons (Fsp3) is 0.938. The molecule has 0 aromatic carbocycles. The molecule has 2 unspecified atom stereocenters. The second kappa shape index (κ2) is 8.70. The summed E-state index contributed by atoms with van der Waals surface area (Å²) < 4.78 is 10.7. The first-order valence-electron chi connectivity index (χ1n) is 8.17. The molecule has 0 bridgehead atoms. The number of hydrogen-bond acceptors (Lipinski definition) is 5. The maximum atomic E-state index is 11.8. The van der Waals surface area contributed by atoms with Gasteiger partial charge in [-0.05, 0) is 54.0 Å². The number of alkyl carbamates (subject to hydrolysis) is 1. The van der Waals surface area contributed by atoms with Crippen LogP contribution in [0.25, 0.3) is 0 Å². The molecule has 2 atom stereocenters. The number of rotatable bonds is 6. The van der Waals surface area contributed by atoms with E-state index in [0.717, 1.165) is 25.9 Å². The molecule has 1 amide bonds. The van der Waals surface area contributed by atoms with Crippen LogP contribution in [0.1, 0.15) is 47.5 Å². The minimum atomic E-state index is -0.498. The highest BCUT2D eigenvalue weighted by Crippen LogP contribution is 2.12. The highest BCUT2D eigenvalue weighted by Gasteiger charge is 2.25. The molecular formula is C16H32N2O4. The minimum absolute atomic E-state index is 0.0711. The van der Waals surface area contributed by atoms with Crippen molar-refractivity contribution >= 4 is 6.09 Å². The highest BCUT2D eigenvalue weighted by atomic mass is 16.6. The van der Waals surface area contributed by atoms with E-state index in [9.17, 15) is 9.90 Å². The zero-order valence-electron chi connectivity index (χ0n) is 14.6. The number of piperidine rings is 1. The van der Waals surface area contributed by atoms with E-state index >= 15 is 0 Å². The first-order chi connectivity index (χ1) is 10.2. The fourth-order valence-electron chi connectivity index (χ4n) is 2.47. The molecule has 22 heavy (non-hydrogen) atoms. The monoisotopic (exact) mass is 316 g/mol. The molecule has 0 saturated carbocycles. The largest absolute Gasteiger partial charge is 0.444 e. The van der Waals surface area contributed by atoms with Gasteiger partial charge < -0.3 is 19.9 Å². The normalized spacial score (nSPS) is 21.7. The molecule has 0 aliphatic carbocycles. The molecule has 0 aromatic rings. The lowest BCUT2D eigenvalue weighted by molar-refractivity contribution is -0.0125. The van der Waals surface area contributed by atoms with Crippen molar-refractivity contribution in [3.05, 3.63) is 0 Å². The van der Waals surface area contributed by atoms with E-state index < -0.39 is 11.7 Å². The Hall–Kier alpha value is -0.850. The summed E-state index contributed by atoms with van der Waals surface area (Å²) in [6, 6.07) is 0.0711. The summed E-state index contributed by atoms with van der Waals surface area (Å²) in [6.07, 6.45) is 1.19. The lowest BCUT2D eigenvalue weighted by Crippen LogP contribution is -2.50. The van der Waals surface area contributed by atoms with Crippen LogP contribution in [0.2, 0.25) is 0 Å². The molecule has 1 aliphatic heterocycles. The number of nitrogens with zero attached hydrogens (tertiary/aromatic N) is 1. The number of β-amino-alcohol motifs (C(OH)–C–C–N with tert-alkyl or cyclic N) is 1. The third-order valence-corrected chi connectivity index (χ3v) is 3.32. The molecule has 1 fully saturated rings. The van der Waals surface area contributed by atoms with Crippen LogP contribution >= 0.6 is 0 Å². The maximum Gasteiger partial charge on any atom is 0.407 e. The van der Waals surface area contributed by atoms with Crippen molar-refractivity contribution < 1.29 is 19.4 Å². The van der Waals surface area contributed by atoms with Crippen molar-refractivity contribution in [1.82, 2.24) is 10.2 Å².